The molecule has 4 nitrogen and oxygen atoms in total. The van der Waals surface area contributed by atoms with E-state index >= 15 is 0 Å². The monoisotopic (exact) mass is 218 g/mol. The normalized spacial score (nSPS) is 13.8. The number of hydrogen-bond donors (Lipinski definition) is 2. The number of nitrogens with one attached hydrogen (secondary N) is 2. The van der Waals surface area contributed by atoms with Crippen molar-refractivity contribution in [2.24, 2.45) is 0 Å². The van der Waals surface area contributed by atoms with Gasteiger partial charge in [-0.3, -0.25) is 0 Å². The summed E-state index contributed by atoms with van der Waals surface area (Å²) in [7, 11) is 0. The minimum Gasteiger partial charge on any atom is -0.352 e. The highest BCUT2D eigenvalue weighted by molar-refractivity contribution is 5.61. The largest absolute Gasteiger partial charge is 0.352 e. The van der Waals surface area contributed by atoms with E-state index in [-0.39, 0.29) is 5.82 Å². The maximum absolute atomic E-state index is 13.1. The van der Waals surface area contributed by atoms with Crippen LogP contribution in [0.3, 0.4) is 0 Å². The third-order valence-corrected chi connectivity index (χ3v) is 2.52. The zero-order valence-corrected chi connectivity index (χ0v) is 8.57. The van der Waals surface area contributed by atoms with E-state index in [2.05, 4.69) is 15.7 Å². The van der Waals surface area contributed by atoms with Crippen LogP contribution in [0.25, 0.3) is 11.3 Å². The molecule has 1 aliphatic heterocycles. The summed E-state index contributed by atoms with van der Waals surface area (Å²) in [4.78, 5) is 4.38. The summed E-state index contributed by atoms with van der Waals surface area (Å²) in [6.45, 7) is 1.70. The van der Waals surface area contributed by atoms with Crippen LogP contribution < -0.4 is 10.7 Å². The Bertz CT molecular complexity index is 497. The molecule has 82 valence electrons. The van der Waals surface area contributed by atoms with Crippen LogP contribution in [0.4, 0.5) is 10.3 Å². The van der Waals surface area contributed by atoms with Crippen molar-refractivity contribution in [1.82, 2.24) is 9.66 Å². The summed E-state index contributed by atoms with van der Waals surface area (Å²) in [6, 6.07) is 6.44. The van der Waals surface area contributed by atoms with E-state index in [9.17, 15) is 4.39 Å². The van der Waals surface area contributed by atoms with E-state index in [1.807, 2.05) is 16.9 Å². The van der Waals surface area contributed by atoms with Gasteiger partial charge in [-0.2, -0.15) is 0 Å². The van der Waals surface area contributed by atoms with Gasteiger partial charge in [-0.1, -0.05) is 12.1 Å². The Labute approximate surface area is 92.1 Å². The maximum Gasteiger partial charge on any atom is 0.222 e. The molecular weight excluding hydrogens is 207 g/mol. The van der Waals surface area contributed by atoms with Crippen LogP contribution in [0.2, 0.25) is 0 Å². The molecule has 2 N–H and O–H groups in total. The maximum atomic E-state index is 13.1. The molecule has 1 aromatic heterocycles. The molecular formula is C11H11FN4. The third kappa shape index (κ3) is 1.50. The predicted molar refractivity (Wildman–Crippen MR) is 60.3 cm³/mol. The highest BCUT2D eigenvalue weighted by Crippen LogP contribution is 2.21. The van der Waals surface area contributed by atoms with Crippen molar-refractivity contribution in [2.75, 3.05) is 23.8 Å². The van der Waals surface area contributed by atoms with Gasteiger partial charge in [-0.05, 0) is 12.1 Å². The average molecular weight is 218 g/mol. The number of imidazole rings is 1. The van der Waals surface area contributed by atoms with Crippen molar-refractivity contribution >= 4 is 5.95 Å². The van der Waals surface area contributed by atoms with Crippen LogP contribution in [0.5, 0.6) is 0 Å². The topological polar surface area (TPSA) is 41.9 Å². The van der Waals surface area contributed by atoms with Gasteiger partial charge in [-0.15, -0.1) is 0 Å². The lowest BCUT2D eigenvalue weighted by atomic mass is 10.2. The van der Waals surface area contributed by atoms with E-state index in [1.54, 1.807) is 6.07 Å². The Kier molecular flexibility index (Phi) is 2.02. The van der Waals surface area contributed by atoms with Crippen molar-refractivity contribution in [3.63, 3.8) is 0 Å². The van der Waals surface area contributed by atoms with E-state index < -0.39 is 0 Å². The number of rotatable bonds is 1. The van der Waals surface area contributed by atoms with Crippen LogP contribution in [-0.2, 0) is 0 Å². The molecule has 0 unspecified atom stereocenters. The molecule has 5 heteroatoms. The predicted octanol–water partition coefficient (Wildman–Crippen LogP) is 1.66. The van der Waals surface area contributed by atoms with Crippen molar-refractivity contribution < 1.29 is 4.39 Å². The van der Waals surface area contributed by atoms with Crippen LogP contribution in [0.1, 0.15) is 0 Å². The highest BCUT2D eigenvalue weighted by atomic mass is 19.1. The summed E-state index contributed by atoms with van der Waals surface area (Å²) in [6.07, 6.45) is 1.86. The molecule has 3 rings (SSSR count). The summed E-state index contributed by atoms with van der Waals surface area (Å²) in [5.41, 5.74) is 4.71. The molecule has 0 saturated carbocycles. The Morgan fingerprint density at radius 2 is 2.25 bits per heavy atom. The van der Waals surface area contributed by atoms with Crippen molar-refractivity contribution in [3.8, 4) is 11.3 Å². The standard InChI is InChI=1S/C11H11FN4/c12-9-3-1-2-8(6-9)10-7-16-11(15-10)13-4-5-14-16/h1-3,6-7,14H,4-5H2,(H,13,15). The second-order valence-corrected chi connectivity index (χ2v) is 3.66. The van der Waals surface area contributed by atoms with Crippen molar-refractivity contribution in [2.45, 2.75) is 0 Å². The summed E-state index contributed by atoms with van der Waals surface area (Å²) in [5.74, 6) is 0.523. The number of nitrogens with zero attached hydrogens (tertiary/aromatic N) is 2. The first-order valence-electron chi connectivity index (χ1n) is 5.16. The Morgan fingerprint density at radius 1 is 1.31 bits per heavy atom. The molecule has 16 heavy (non-hydrogen) atoms. The highest BCUT2D eigenvalue weighted by Gasteiger charge is 2.12. The molecule has 1 aromatic carbocycles. The van der Waals surface area contributed by atoms with Gasteiger partial charge in [0.25, 0.3) is 0 Å². The summed E-state index contributed by atoms with van der Waals surface area (Å²) >= 11 is 0. The minimum absolute atomic E-state index is 0.246. The first kappa shape index (κ1) is 9.21. The fourth-order valence-electron chi connectivity index (χ4n) is 1.76. The summed E-state index contributed by atoms with van der Waals surface area (Å²) < 4.78 is 14.9. The minimum atomic E-state index is -0.246. The van der Waals surface area contributed by atoms with E-state index in [1.165, 1.54) is 12.1 Å². The fourth-order valence-corrected chi connectivity index (χ4v) is 1.76. The van der Waals surface area contributed by atoms with Crippen LogP contribution in [0.15, 0.2) is 30.5 Å². The molecule has 0 saturated heterocycles. The van der Waals surface area contributed by atoms with E-state index in [0.717, 1.165) is 30.3 Å². The molecule has 0 atom stereocenters. The molecule has 0 radical (unpaired) electrons. The second kappa shape index (κ2) is 3.52. The number of aromatic nitrogens is 2. The molecule has 2 heterocycles. The molecule has 0 aliphatic carbocycles. The van der Waals surface area contributed by atoms with Gasteiger partial charge in [0, 0.05) is 18.7 Å². The van der Waals surface area contributed by atoms with Crippen molar-refractivity contribution in [1.29, 1.82) is 0 Å². The van der Waals surface area contributed by atoms with Gasteiger partial charge < -0.3 is 10.7 Å². The van der Waals surface area contributed by atoms with Gasteiger partial charge in [0.15, 0.2) is 0 Å². The van der Waals surface area contributed by atoms with Crippen LogP contribution >= 0.6 is 0 Å². The Morgan fingerprint density at radius 3 is 3.06 bits per heavy atom. The molecule has 0 fully saturated rings. The van der Waals surface area contributed by atoms with Crippen LogP contribution in [-0.4, -0.2) is 22.7 Å². The van der Waals surface area contributed by atoms with E-state index in [4.69, 9.17) is 0 Å². The van der Waals surface area contributed by atoms with Gasteiger partial charge >= 0.3 is 0 Å². The van der Waals surface area contributed by atoms with E-state index in [0.29, 0.717) is 0 Å². The molecule has 0 bridgehead atoms. The van der Waals surface area contributed by atoms with Crippen LogP contribution in [0, 0.1) is 5.82 Å². The number of halogens is 1. The lowest BCUT2D eigenvalue weighted by Crippen LogP contribution is -2.29. The first-order chi connectivity index (χ1) is 7.83. The number of anilines is 1. The fraction of sp³-hybridized carbons (Fsp3) is 0.182. The SMILES string of the molecule is Fc1cccc(-c2cn3c(n2)NCCN3)c1. The lowest BCUT2D eigenvalue weighted by Gasteiger charge is -2.16. The van der Waals surface area contributed by atoms with Crippen molar-refractivity contribution in [3.05, 3.63) is 36.3 Å². The van der Waals surface area contributed by atoms with Gasteiger partial charge in [0.2, 0.25) is 5.95 Å². The molecule has 0 amide bonds. The molecule has 1 aliphatic rings. The van der Waals surface area contributed by atoms with Gasteiger partial charge in [0.05, 0.1) is 11.9 Å². The Hall–Kier alpha value is -2.04. The molecule has 0 spiro atoms. The quantitative estimate of drug-likeness (QED) is 0.765. The summed E-state index contributed by atoms with van der Waals surface area (Å²) in [5, 5.41) is 3.16. The number of benzene rings is 1. The zero-order chi connectivity index (χ0) is 11.0. The zero-order valence-electron chi connectivity index (χ0n) is 8.57. The number of hydrogen-bond acceptors (Lipinski definition) is 3. The lowest BCUT2D eigenvalue weighted by molar-refractivity contribution is 0.628. The second-order valence-electron chi connectivity index (χ2n) is 3.66. The molecule has 2 aromatic rings. The third-order valence-electron chi connectivity index (χ3n) is 2.52. The average Bonchev–Trinajstić information content (AvgIpc) is 2.72. The first-order valence-corrected chi connectivity index (χ1v) is 5.16. The van der Waals surface area contributed by atoms with Gasteiger partial charge in [0.1, 0.15) is 5.82 Å². The Balaban J connectivity index is 2.03. The number of fused-ring (bicyclic) bond motifs is 1. The van der Waals surface area contributed by atoms with Gasteiger partial charge in [-0.25, -0.2) is 14.1 Å². The smallest absolute Gasteiger partial charge is 0.222 e.